The van der Waals surface area contributed by atoms with Gasteiger partial charge in [0.1, 0.15) is 0 Å². The molecule has 0 saturated carbocycles. The summed E-state index contributed by atoms with van der Waals surface area (Å²) in [4.78, 5) is 10.5. The normalized spacial score (nSPS) is 11.2. The Bertz CT molecular complexity index is 421. The number of sulfonamides is 1. The molecular weight excluding hydrogens is 200 g/mol. The molecule has 0 aliphatic heterocycles. The number of primary sulfonamides is 1. The summed E-state index contributed by atoms with van der Waals surface area (Å²) in [6.07, 6.45) is 0. The molecule has 8 nitrogen and oxygen atoms in total. The highest BCUT2D eigenvalue weighted by molar-refractivity contribution is 7.88. The summed E-state index contributed by atoms with van der Waals surface area (Å²) in [5, 5.41) is 12.3. The molecule has 0 spiro atoms. The molecule has 0 aliphatic rings. The van der Waals surface area contributed by atoms with Crippen LogP contribution in [0.5, 0.6) is 0 Å². The van der Waals surface area contributed by atoms with Crippen LogP contribution in [0.3, 0.4) is 0 Å². The summed E-state index contributed by atoms with van der Waals surface area (Å²) in [5.74, 6) is -0.454. The fourth-order valence-electron chi connectivity index (χ4n) is 0.526. The van der Waals surface area contributed by atoms with Crippen molar-refractivity contribution in [1.82, 2.24) is 10.2 Å². The Hall–Kier alpha value is -1.48. The van der Waals surface area contributed by atoms with Crippen LogP contribution < -0.4 is 10.5 Å². The molecule has 0 atom stereocenters. The standard InChI is InChI=1S/C4H6N4O4S/c1-2(9)6-3-7-8-4(12-3)13(5,10)11/h1H3,(H2,5,10,11)(H,6,7,9). The van der Waals surface area contributed by atoms with E-state index in [0.29, 0.717) is 0 Å². The molecule has 0 fully saturated rings. The van der Waals surface area contributed by atoms with Gasteiger partial charge in [0.25, 0.3) is 10.0 Å². The number of amides is 1. The number of hydrogen-bond acceptors (Lipinski definition) is 6. The maximum atomic E-state index is 10.6. The summed E-state index contributed by atoms with van der Waals surface area (Å²) >= 11 is 0. The third-order valence-electron chi connectivity index (χ3n) is 0.933. The van der Waals surface area contributed by atoms with E-state index in [9.17, 15) is 13.2 Å². The Morgan fingerprint density at radius 1 is 1.54 bits per heavy atom. The van der Waals surface area contributed by atoms with E-state index in [1.807, 2.05) is 0 Å². The minimum atomic E-state index is -4.01. The zero-order chi connectivity index (χ0) is 10.1. The molecule has 1 amide bonds. The van der Waals surface area contributed by atoms with E-state index in [4.69, 9.17) is 0 Å². The van der Waals surface area contributed by atoms with Crippen LogP contribution in [0.25, 0.3) is 0 Å². The van der Waals surface area contributed by atoms with Crippen LogP contribution in [-0.4, -0.2) is 24.5 Å². The van der Waals surface area contributed by atoms with E-state index >= 15 is 0 Å². The fraction of sp³-hybridized carbons (Fsp3) is 0.250. The van der Waals surface area contributed by atoms with Gasteiger partial charge >= 0.3 is 11.2 Å². The second kappa shape index (κ2) is 3.11. The second-order valence-electron chi connectivity index (χ2n) is 2.10. The second-order valence-corrected chi connectivity index (χ2v) is 3.54. The lowest BCUT2D eigenvalue weighted by atomic mass is 10.7. The SMILES string of the molecule is CC(=O)Nc1nnc(S(N)(=O)=O)o1. The predicted molar refractivity (Wildman–Crippen MR) is 40.0 cm³/mol. The summed E-state index contributed by atoms with van der Waals surface area (Å²) < 4.78 is 25.7. The molecular formula is C4H6N4O4S. The van der Waals surface area contributed by atoms with E-state index in [-0.39, 0.29) is 6.01 Å². The van der Waals surface area contributed by atoms with Crippen molar-refractivity contribution in [3.05, 3.63) is 0 Å². The largest absolute Gasteiger partial charge is 0.393 e. The Kier molecular flexibility index (Phi) is 2.30. The van der Waals surface area contributed by atoms with Gasteiger partial charge < -0.3 is 4.42 Å². The third-order valence-corrected chi connectivity index (χ3v) is 1.58. The van der Waals surface area contributed by atoms with Gasteiger partial charge in [0.15, 0.2) is 0 Å². The van der Waals surface area contributed by atoms with E-state index < -0.39 is 21.2 Å². The monoisotopic (exact) mass is 206 g/mol. The smallest absolute Gasteiger partial charge is 0.352 e. The van der Waals surface area contributed by atoms with Crippen molar-refractivity contribution in [2.24, 2.45) is 5.14 Å². The maximum Gasteiger partial charge on any atom is 0.352 e. The van der Waals surface area contributed by atoms with Gasteiger partial charge in [-0.05, 0) is 0 Å². The average Bonchev–Trinajstić information content (AvgIpc) is 2.32. The number of carbonyl (C=O) groups excluding carboxylic acids is 1. The quantitative estimate of drug-likeness (QED) is 0.617. The molecule has 0 aromatic carbocycles. The van der Waals surface area contributed by atoms with Gasteiger partial charge in [0.2, 0.25) is 5.91 Å². The summed E-state index contributed by atoms with van der Waals surface area (Å²) in [7, 11) is -4.01. The molecule has 1 aromatic heterocycles. The molecule has 1 heterocycles. The molecule has 1 aromatic rings. The number of nitrogens with two attached hydrogens (primary N) is 1. The van der Waals surface area contributed by atoms with Gasteiger partial charge in [-0.15, -0.1) is 0 Å². The van der Waals surface area contributed by atoms with E-state index in [1.165, 1.54) is 6.92 Å². The van der Waals surface area contributed by atoms with Gasteiger partial charge in [0, 0.05) is 6.92 Å². The summed E-state index contributed by atoms with van der Waals surface area (Å²) in [6, 6.07) is -0.309. The van der Waals surface area contributed by atoms with Gasteiger partial charge in [-0.2, -0.15) is 0 Å². The molecule has 72 valence electrons. The van der Waals surface area contributed by atoms with Crippen LogP contribution in [0.15, 0.2) is 9.64 Å². The molecule has 3 N–H and O–H groups in total. The molecule has 0 radical (unpaired) electrons. The van der Waals surface area contributed by atoms with E-state index in [2.05, 4.69) is 25.1 Å². The van der Waals surface area contributed by atoms with Crippen molar-refractivity contribution in [1.29, 1.82) is 0 Å². The topological polar surface area (TPSA) is 128 Å². The zero-order valence-electron chi connectivity index (χ0n) is 6.51. The third kappa shape index (κ3) is 2.49. The van der Waals surface area contributed by atoms with Gasteiger partial charge in [-0.25, -0.2) is 13.6 Å². The molecule has 0 aliphatic carbocycles. The van der Waals surface area contributed by atoms with E-state index in [0.717, 1.165) is 0 Å². The number of hydrogen-bond donors (Lipinski definition) is 2. The van der Waals surface area contributed by atoms with E-state index in [1.54, 1.807) is 0 Å². The van der Waals surface area contributed by atoms with Crippen LogP contribution in [0, 0.1) is 0 Å². The molecule has 0 saturated heterocycles. The van der Waals surface area contributed by atoms with Gasteiger partial charge in [0.05, 0.1) is 0 Å². The highest BCUT2D eigenvalue weighted by atomic mass is 32.2. The van der Waals surface area contributed by atoms with Crippen molar-refractivity contribution in [3.63, 3.8) is 0 Å². The maximum absolute atomic E-state index is 10.6. The van der Waals surface area contributed by atoms with Crippen molar-refractivity contribution in [3.8, 4) is 0 Å². The van der Waals surface area contributed by atoms with Crippen LogP contribution in [-0.2, 0) is 14.8 Å². The molecule has 0 bridgehead atoms. The first kappa shape index (κ1) is 9.61. The summed E-state index contributed by atoms with van der Waals surface area (Å²) in [5.41, 5.74) is 0. The van der Waals surface area contributed by atoms with Crippen molar-refractivity contribution < 1.29 is 17.6 Å². The zero-order valence-corrected chi connectivity index (χ0v) is 7.33. The molecule has 9 heteroatoms. The minimum absolute atomic E-state index is 0.309. The first-order valence-corrected chi connectivity index (χ1v) is 4.58. The number of nitrogens with one attached hydrogen (secondary N) is 1. The Labute approximate surface area is 73.2 Å². The Morgan fingerprint density at radius 2 is 2.15 bits per heavy atom. The molecule has 0 unspecified atom stereocenters. The molecule has 13 heavy (non-hydrogen) atoms. The lowest BCUT2D eigenvalue weighted by Crippen LogP contribution is -2.12. The van der Waals surface area contributed by atoms with Crippen LogP contribution in [0.2, 0.25) is 0 Å². The predicted octanol–water partition coefficient (Wildman–Crippen LogP) is -1.32. The summed E-state index contributed by atoms with van der Waals surface area (Å²) in [6.45, 7) is 1.21. The van der Waals surface area contributed by atoms with Crippen LogP contribution in [0.1, 0.15) is 6.92 Å². The Balaban J connectivity index is 2.94. The van der Waals surface area contributed by atoms with Crippen molar-refractivity contribution in [2.45, 2.75) is 12.1 Å². The number of nitrogens with zero attached hydrogens (tertiary/aromatic N) is 2. The number of carbonyl (C=O) groups is 1. The number of aromatic nitrogens is 2. The van der Waals surface area contributed by atoms with Gasteiger partial charge in [-0.3, -0.25) is 10.1 Å². The first-order valence-electron chi connectivity index (χ1n) is 3.03. The first-order chi connectivity index (χ1) is 5.89. The van der Waals surface area contributed by atoms with Crippen LogP contribution in [0.4, 0.5) is 6.01 Å². The lowest BCUT2D eigenvalue weighted by Gasteiger charge is -1.90. The van der Waals surface area contributed by atoms with Gasteiger partial charge in [-0.1, -0.05) is 10.2 Å². The number of anilines is 1. The minimum Gasteiger partial charge on any atom is -0.393 e. The Morgan fingerprint density at radius 3 is 2.54 bits per heavy atom. The van der Waals surface area contributed by atoms with Crippen LogP contribution >= 0.6 is 0 Å². The molecule has 1 rings (SSSR count). The van der Waals surface area contributed by atoms with Crippen molar-refractivity contribution in [2.75, 3.05) is 5.32 Å². The number of rotatable bonds is 2. The highest BCUT2D eigenvalue weighted by Gasteiger charge is 2.17. The lowest BCUT2D eigenvalue weighted by molar-refractivity contribution is -0.114. The highest BCUT2D eigenvalue weighted by Crippen LogP contribution is 2.08. The average molecular weight is 206 g/mol. The fourth-order valence-corrected chi connectivity index (χ4v) is 0.876. The van der Waals surface area contributed by atoms with Crippen molar-refractivity contribution >= 4 is 21.9 Å².